The number of pyridine rings is 2. The van der Waals surface area contributed by atoms with Gasteiger partial charge in [0.05, 0.1) is 44.4 Å². The normalized spacial score (nSPS) is 10.9. The van der Waals surface area contributed by atoms with E-state index in [9.17, 15) is 20.2 Å². The zero-order chi connectivity index (χ0) is 27.1. The summed E-state index contributed by atoms with van der Waals surface area (Å²) in [5.41, 5.74) is 7.06. The number of nitro benzene ring substituents is 2. The predicted octanol–water partition coefficient (Wildman–Crippen LogP) is 7.01. The van der Waals surface area contributed by atoms with Crippen molar-refractivity contribution in [3.05, 3.63) is 127 Å². The van der Waals surface area contributed by atoms with Crippen molar-refractivity contribution in [1.29, 1.82) is 0 Å². The third-order valence-corrected chi connectivity index (χ3v) is 6.66. The third kappa shape index (κ3) is 7.12. The van der Waals surface area contributed by atoms with E-state index in [0.717, 1.165) is 33.6 Å². The number of non-ortho nitro benzene ring substituents is 2. The summed E-state index contributed by atoms with van der Waals surface area (Å²) in [6.07, 6.45) is 2.83. The van der Waals surface area contributed by atoms with Crippen LogP contribution in [0.4, 0.5) is 11.4 Å². The topological polar surface area (TPSA) is 112 Å². The predicted molar refractivity (Wildman–Crippen MR) is 148 cm³/mol. The van der Waals surface area contributed by atoms with E-state index in [1.54, 1.807) is 24.3 Å². The summed E-state index contributed by atoms with van der Waals surface area (Å²) in [6.45, 7) is 0. The highest BCUT2D eigenvalue weighted by Gasteiger charge is 2.11. The fourth-order valence-electron chi connectivity index (χ4n) is 4.14. The maximum atomic E-state index is 10.9. The average Bonchev–Trinajstić information content (AvgIpc) is 2.95. The van der Waals surface area contributed by atoms with Crippen molar-refractivity contribution in [2.45, 2.75) is 37.4 Å². The van der Waals surface area contributed by atoms with Crippen LogP contribution in [0.25, 0.3) is 11.4 Å². The van der Waals surface area contributed by atoms with E-state index in [4.69, 9.17) is 33.2 Å². The van der Waals surface area contributed by atoms with Crippen LogP contribution in [0.1, 0.15) is 33.6 Å². The summed E-state index contributed by atoms with van der Waals surface area (Å²) in [6, 6.07) is 21.0. The molecule has 2 heterocycles. The van der Waals surface area contributed by atoms with E-state index in [0.29, 0.717) is 37.1 Å². The molecule has 2 aromatic heterocycles. The highest BCUT2D eigenvalue weighted by atomic mass is 35.5. The number of alkyl halides is 2. The van der Waals surface area contributed by atoms with Gasteiger partial charge in [-0.1, -0.05) is 24.3 Å². The second-order valence-corrected chi connectivity index (χ2v) is 9.35. The van der Waals surface area contributed by atoms with Gasteiger partial charge in [-0.05, 0) is 72.2 Å². The molecule has 0 fully saturated rings. The van der Waals surface area contributed by atoms with E-state index < -0.39 is 9.85 Å². The van der Waals surface area contributed by atoms with Gasteiger partial charge in [-0.2, -0.15) is 0 Å². The standard InChI is InChI=1S/C28H24Cl2N4O4/c29-17-23-13-21(3-1-19-5-9-25(10-6-19)33(35)36)15-27(31-23)28-16-22(14-24(18-30)32-28)4-2-20-7-11-26(12-8-20)34(37)38/h5-16H,1-4,17-18H2. The Morgan fingerprint density at radius 1 is 0.553 bits per heavy atom. The molecule has 0 radical (unpaired) electrons. The van der Waals surface area contributed by atoms with Crippen molar-refractivity contribution in [3.8, 4) is 11.4 Å². The fraction of sp³-hybridized carbons (Fsp3) is 0.214. The summed E-state index contributed by atoms with van der Waals surface area (Å²) in [5, 5.41) is 21.8. The highest BCUT2D eigenvalue weighted by molar-refractivity contribution is 6.17. The fourth-order valence-corrected chi connectivity index (χ4v) is 4.41. The number of hydrogen-bond donors (Lipinski definition) is 0. The van der Waals surface area contributed by atoms with E-state index in [-0.39, 0.29) is 23.1 Å². The minimum atomic E-state index is -0.409. The van der Waals surface area contributed by atoms with E-state index in [1.807, 2.05) is 24.3 Å². The first-order valence-electron chi connectivity index (χ1n) is 11.9. The number of aromatic nitrogens is 2. The molecular weight excluding hydrogens is 527 g/mol. The van der Waals surface area contributed by atoms with Gasteiger partial charge in [-0.25, -0.2) is 9.97 Å². The number of benzene rings is 2. The Morgan fingerprint density at radius 3 is 1.21 bits per heavy atom. The van der Waals surface area contributed by atoms with Crippen molar-refractivity contribution in [3.63, 3.8) is 0 Å². The van der Waals surface area contributed by atoms with Crippen LogP contribution >= 0.6 is 23.2 Å². The van der Waals surface area contributed by atoms with Crippen LogP contribution in [0.2, 0.25) is 0 Å². The third-order valence-electron chi connectivity index (χ3n) is 6.11. The van der Waals surface area contributed by atoms with Gasteiger partial charge < -0.3 is 0 Å². The molecule has 194 valence electrons. The average molecular weight is 551 g/mol. The quantitative estimate of drug-likeness (QED) is 0.113. The lowest BCUT2D eigenvalue weighted by Gasteiger charge is -2.11. The van der Waals surface area contributed by atoms with E-state index in [1.165, 1.54) is 24.3 Å². The lowest BCUT2D eigenvalue weighted by molar-refractivity contribution is -0.385. The van der Waals surface area contributed by atoms with Crippen LogP contribution in [0.5, 0.6) is 0 Å². The summed E-state index contributed by atoms with van der Waals surface area (Å²) >= 11 is 12.3. The van der Waals surface area contributed by atoms with Gasteiger partial charge in [0.1, 0.15) is 0 Å². The summed E-state index contributed by atoms with van der Waals surface area (Å²) in [5.74, 6) is 0.501. The van der Waals surface area contributed by atoms with Gasteiger partial charge in [0.25, 0.3) is 11.4 Å². The number of nitro groups is 2. The summed E-state index contributed by atoms with van der Waals surface area (Å²) in [4.78, 5) is 30.4. The molecule has 0 aliphatic rings. The number of rotatable bonds is 11. The zero-order valence-electron chi connectivity index (χ0n) is 20.3. The molecule has 4 rings (SSSR count). The first-order valence-corrected chi connectivity index (χ1v) is 13.0. The van der Waals surface area contributed by atoms with Gasteiger partial charge in [0.15, 0.2) is 0 Å². The highest BCUT2D eigenvalue weighted by Crippen LogP contribution is 2.24. The van der Waals surface area contributed by atoms with Gasteiger partial charge in [0.2, 0.25) is 0 Å². The van der Waals surface area contributed by atoms with Crippen LogP contribution in [0.15, 0.2) is 72.8 Å². The summed E-state index contributed by atoms with van der Waals surface area (Å²) < 4.78 is 0. The van der Waals surface area contributed by atoms with Crippen molar-refractivity contribution in [2.75, 3.05) is 0 Å². The molecule has 0 N–H and O–H groups in total. The van der Waals surface area contributed by atoms with Gasteiger partial charge >= 0.3 is 0 Å². The Hall–Kier alpha value is -3.88. The maximum Gasteiger partial charge on any atom is 0.269 e. The van der Waals surface area contributed by atoms with Crippen molar-refractivity contribution >= 4 is 34.6 Å². The van der Waals surface area contributed by atoms with Crippen LogP contribution in [-0.2, 0) is 37.4 Å². The van der Waals surface area contributed by atoms with Crippen LogP contribution < -0.4 is 0 Å². The number of hydrogen-bond acceptors (Lipinski definition) is 6. The monoisotopic (exact) mass is 550 g/mol. The minimum absolute atomic E-state index is 0.0685. The molecular formula is C28H24Cl2N4O4. The van der Waals surface area contributed by atoms with E-state index >= 15 is 0 Å². The Morgan fingerprint density at radius 2 is 0.895 bits per heavy atom. The van der Waals surface area contributed by atoms with Crippen molar-refractivity contribution in [1.82, 2.24) is 9.97 Å². The Labute approximate surface area is 229 Å². The Bertz CT molecular complexity index is 1330. The number of aryl methyl sites for hydroxylation is 4. The minimum Gasteiger partial charge on any atom is -0.258 e. The van der Waals surface area contributed by atoms with Crippen molar-refractivity contribution < 1.29 is 9.85 Å². The molecule has 8 nitrogen and oxygen atoms in total. The molecule has 0 atom stereocenters. The second kappa shape index (κ2) is 12.6. The van der Waals surface area contributed by atoms with Gasteiger partial charge in [-0.15, -0.1) is 23.2 Å². The molecule has 38 heavy (non-hydrogen) atoms. The van der Waals surface area contributed by atoms with Crippen molar-refractivity contribution in [2.24, 2.45) is 0 Å². The Balaban J connectivity index is 1.54. The molecule has 10 heteroatoms. The Kier molecular flexibility index (Phi) is 8.99. The van der Waals surface area contributed by atoms with Crippen LogP contribution in [0.3, 0.4) is 0 Å². The van der Waals surface area contributed by atoms with E-state index in [2.05, 4.69) is 0 Å². The molecule has 2 aromatic carbocycles. The molecule has 0 aliphatic heterocycles. The molecule has 0 saturated heterocycles. The lowest BCUT2D eigenvalue weighted by Crippen LogP contribution is -2.01. The lowest BCUT2D eigenvalue weighted by atomic mass is 10.0. The van der Waals surface area contributed by atoms with Crippen LogP contribution in [-0.4, -0.2) is 19.8 Å². The first-order chi connectivity index (χ1) is 18.3. The second-order valence-electron chi connectivity index (χ2n) is 8.82. The number of nitrogens with zero attached hydrogens (tertiary/aromatic N) is 4. The molecule has 0 amide bonds. The molecule has 0 saturated carbocycles. The molecule has 0 unspecified atom stereocenters. The van der Waals surface area contributed by atoms with Gasteiger partial charge in [-0.3, -0.25) is 20.2 Å². The van der Waals surface area contributed by atoms with Crippen LogP contribution in [0, 0.1) is 20.2 Å². The largest absolute Gasteiger partial charge is 0.269 e. The molecule has 0 spiro atoms. The number of halogens is 2. The first kappa shape index (κ1) is 27.2. The molecule has 0 aliphatic carbocycles. The molecule has 0 bridgehead atoms. The molecule has 4 aromatic rings. The SMILES string of the molecule is O=[N+]([O-])c1ccc(CCc2cc(CCl)nc(-c3cc(CCc4ccc([N+](=O)[O-])cc4)cc(CCl)n3)c2)cc1. The van der Waals surface area contributed by atoms with Gasteiger partial charge in [0, 0.05) is 24.3 Å². The zero-order valence-corrected chi connectivity index (χ0v) is 21.9. The smallest absolute Gasteiger partial charge is 0.258 e. The maximum absolute atomic E-state index is 10.9. The summed E-state index contributed by atoms with van der Waals surface area (Å²) in [7, 11) is 0.